The van der Waals surface area contributed by atoms with Gasteiger partial charge in [0.25, 0.3) is 0 Å². The summed E-state index contributed by atoms with van der Waals surface area (Å²) in [5.74, 6) is 0.556. The molecule has 0 saturated heterocycles. The minimum Gasteiger partial charge on any atom is -0.495 e. The highest BCUT2D eigenvalue weighted by Gasteiger charge is 2.16. The molecule has 0 aliphatic rings. The number of halogens is 3. The van der Waals surface area contributed by atoms with Crippen molar-refractivity contribution in [3.63, 3.8) is 0 Å². The molecule has 0 saturated carbocycles. The van der Waals surface area contributed by atoms with Gasteiger partial charge in [-0.3, -0.25) is 0 Å². The Bertz CT molecular complexity index is 653. The first-order valence-corrected chi connectivity index (χ1v) is 7.84. The van der Waals surface area contributed by atoms with Gasteiger partial charge in [-0.2, -0.15) is 0 Å². The minimum absolute atomic E-state index is 0.233. The lowest BCUT2D eigenvalue weighted by atomic mass is 10.00. The normalized spacial score (nSPS) is 12.3. The topological polar surface area (TPSA) is 9.23 Å². The van der Waals surface area contributed by atoms with E-state index in [2.05, 4.69) is 32.0 Å². The van der Waals surface area contributed by atoms with Crippen LogP contribution in [0.1, 0.15) is 27.6 Å². The van der Waals surface area contributed by atoms with E-state index in [-0.39, 0.29) is 5.38 Å². The molecule has 0 fully saturated rings. The number of rotatable bonds is 4. The van der Waals surface area contributed by atoms with Gasteiger partial charge in [-0.05, 0) is 48.6 Å². The van der Waals surface area contributed by atoms with Crippen molar-refractivity contribution in [1.29, 1.82) is 0 Å². The third-order valence-corrected chi connectivity index (χ3v) is 4.61. The van der Waals surface area contributed by atoms with Gasteiger partial charge < -0.3 is 4.74 Å². The molecule has 0 bridgehead atoms. The van der Waals surface area contributed by atoms with Crippen LogP contribution < -0.4 is 4.74 Å². The van der Waals surface area contributed by atoms with Crippen molar-refractivity contribution >= 4 is 34.8 Å². The maximum atomic E-state index is 6.52. The second-order valence-corrected chi connectivity index (χ2v) is 6.44. The van der Waals surface area contributed by atoms with Crippen LogP contribution in [-0.2, 0) is 6.42 Å². The number of hydrogen-bond acceptors (Lipinski definition) is 1. The van der Waals surface area contributed by atoms with Crippen LogP contribution in [0.4, 0.5) is 0 Å². The molecule has 0 radical (unpaired) electrons. The summed E-state index contributed by atoms with van der Waals surface area (Å²) in [6.07, 6.45) is 0.699. The van der Waals surface area contributed by atoms with Gasteiger partial charge in [0, 0.05) is 11.1 Å². The van der Waals surface area contributed by atoms with Gasteiger partial charge in [-0.1, -0.05) is 41.4 Å². The van der Waals surface area contributed by atoms with E-state index in [1.54, 1.807) is 19.2 Å². The van der Waals surface area contributed by atoms with Crippen molar-refractivity contribution in [2.24, 2.45) is 0 Å². The highest BCUT2D eigenvalue weighted by molar-refractivity contribution is 6.35. The first-order valence-electron chi connectivity index (χ1n) is 6.65. The van der Waals surface area contributed by atoms with Crippen LogP contribution >= 0.6 is 34.8 Å². The molecule has 0 aliphatic heterocycles. The predicted octanol–water partition coefficient (Wildman–Crippen LogP) is 6.14. The Morgan fingerprint density at radius 3 is 2.33 bits per heavy atom. The van der Waals surface area contributed by atoms with Crippen molar-refractivity contribution in [3.8, 4) is 5.75 Å². The maximum absolute atomic E-state index is 6.52. The number of aryl methyl sites for hydroxylation is 2. The Kier molecular flexibility index (Phi) is 5.43. The van der Waals surface area contributed by atoms with Crippen molar-refractivity contribution < 1.29 is 4.74 Å². The highest BCUT2D eigenvalue weighted by atomic mass is 35.5. The van der Waals surface area contributed by atoms with Crippen LogP contribution in [0.5, 0.6) is 5.75 Å². The molecule has 1 atom stereocenters. The van der Waals surface area contributed by atoms with Crippen molar-refractivity contribution in [2.75, 3.05) is 7.11 Å². The maximum Gasteiger partial charge on any atom is 0.138 e. The SMILES string of the molecule is COc1cc(Cl)c(C(Cl)Cc2ccc(C)c(C)c2)cc1Cl. The van der Waals surface area contributed by atoms with E-state index >= 15 is 0 Å². The van der Waals surface area contributed by atoms with Crippen LogP contribution in [0, 0.1) is 13.8 Å². The van der Waals surface area contributed by atoms with E-state index < -0.39 is 0 Å². The quantitative estimate of drug-likeness (QED) is 0.606. The molecule has 0 N–H and O–H groups in total. The molecule has 0 spiro atoms. The van der Waals surface area contributed by atoms with E-state index in [1.807, 2.05) is 0 Å². The standard InChI is InChI=1S/C17H17Cl3O/c1-10-4-5-12(6-11(10)2)7-14(18)13-8-16(20)17(21-3)9-15(13)19/h4-6,8-9,14H,7H2,1-3H3. The highest BCUT2D eigenvalue weighted by Crippen LogP contribution is 2.37. The summed E-state index contributed by atoms with van der Waals surface area (Å²) in [6.45, 7) is 4.19. The summed E-state index contributed by atoms with van der Waals surface area (Å²) in [4.78, 5) is 0. The van der Waals surface area contributed by atoms with E-state index in [0.29, 0.717) is 22.2 Å². The monoisotopic (exact) mass is 342 g/mol. The molecule has 0 aliphatic carbocycles. The molecule has 2 rings (SSSR count). The van der Waals surface area contributed by atoms with Crippen LogP contribution in [-0.4, -0.2) is 7.11 Å². The zero-order valence-corrected chi connectivity index (χ0v) is 14.5. The average Bonchev–Trinajstić information content (AvgIpc) is 2.44. The minimum atomic E-state index is -0.233. The van der Waals surface area contributed by atoms with Crippen LogP contribution in [0.3, 0.4) is 0 Å². The molecular formula is C17H17Cl3O. The summed E-state index contributed by atoms with van der Waals surface area (Å²) < 4.78 is 5.15. The summed E-state index contributed by atoms with van der Waals surface area (Å²) in [5, 5.41) is 0.853. The van der Waals surface area contributed by atoms with Crippen LogP contribution in [0.2, 0.25) is 10.0 Å². The first kappa shape index (κ1) is 16.5. The van der Waals surface area contributed by atoms with Gasteiger partial charge in [0.2, 0.25) is 0 Å². The third kappa shape index (κ3) is 3.85. The predicted molar refractivity (Wildman–Crippen MR) is 91.2 cm³/mol. The first-order chi connectivity index (χ1) is 9.92. The number of methoxy groups -OCH3 is 1. The lowest BCUT2D eigenvalue weighted by Crippen LogP contribution is -1.99. The molecule has 2 aromatic rings. The Labute approximate surface area is 140 Å². The van der Waals surface area contributed by atoms with Crippen molar-refractivity contribution in [2.45, 2.75) is 25.6 Å². The van der Waals surface area contributed by atoms with Gasteiger partial charge in [-0.25, -0.2) is 0 Å². The molecule has 0 amide bonds. The Hall–Kier alpha value is -0.890. The second-order valence-electron chi connectivity index (χ2n) is 5.10. The van der Waals surface area contributed by atoms with Gasteiger partial charge in [0.1, 0.15) is 5.75 Å². The second kappa shape index (κ2) is 6.91. The van der Waals surface area contributed by atoms with E-state index in [4.69, 9.17) is 39.5 Å². The molecule has 0 aromatic heterocycles. The van der Waals surface area contributed by atoms with Gasteiger partial charge in [0.05, 0.1) is 17.5 Å². The summed E-state index contributed by atoms with van der Waals surface area (Å²) in [6, 6.07) is 9.84. The van der Waals surface area contributed by atoms with E-state index in [1.165, 1.54) is 16.7 Å². The van der Waals surface area contributed by atoms with Crippen LogP contribution in [0.25, 0.3) is 0 Å². The molecule has 1 unspecified atom stereocenters. The molecule has 2 aromatic carbocycles. The number of ether oxygens (including phenoxy) is 1. The summed E-state index contributed by atoms with van der Waals surface area (Å²) in [5.41, 5.74) is 4.54. The van der Waals surface area contributed by atoms with Crippen LogP contribution in [0.15, 0.2) is 30.3 Å². The van der Waals surface area contributed by atoms with Gasteiger partial charge in [0.15, 0.2) is 0 Å². The zero-order valence-electron chi connectivity index (χ0n) is 12.2. The third-order valence-electron chi connectivity index (χ3n) is 3.59. The number of hydrogen-bond donors (Lipinski definition) is 0. The molecular weight excluding hydrogens is 327 g/mol. The van der Waals surface area contributed by atoms with Crippen molar-refractivity contribution in [1.82, 2.24) is 0 Å². The lowest BCUT2D eigenvalue weighted by molar-refractivity contribution is 0.415. The average molecular weight is 344 g/mol. The van der Waals surface area contributed by atoms with Crippen molar-refractivity contribution in [3.05, 3.63) is 62.6 Å². The fraction of sp³-hybridized carbons (Fsp3) is 0.294. The fourth-order valence-electron chi connectivity index (χ4n) is 2.19. The molecule has 112 valence electrons. The van der Waals surface area contributed by atoms with E-state index in [9.17, 15) is 0 Å². The molecule has 0 heterocycles. The Balaban J connectivity index is 2.25. The zero-order chi connectivity index (χ0) is 15.6. The van der Waals surface area contributed by atoms with E-state index in [0.717, 1.165) is 5.56 Å². The Morgan fingerprint density at radius 2 is 1.71 bits per heavy atom. The summed E-state index contributed by atoms with van der Waals surface area (Å²) in [7, 11) is 1.56. The molecule has 4 heteroatoms. The summed E-state index contributed by atoms with van der Waals surface area (Å²) >= 11 is 18.9. The smallest absolute Gasteiger partial charge is 0.138 e. The largest absolute Gasteiger partial charge is 0.495 e. The Morgan fingerprint density at radius 1 is 1.00 bits per heavy atom. The molecule has 21 heavy (non-hydrogen) atoms. The lowest BCUT2D eigenvalue weighted by Gasteiger charge is -2.15. The number of alkyl halides is 1. The number of benzene rings is 2. The van der Waals surface area contributed by atoms with Gasteiger partial charge in [-0.15, -0.1) is 11.6 Å². The van der Waals surface area contributed by atoms with Gasteiger partial charge >= 0.3 is 0 Å². The fourth-order valence-corrected chi connectivity index (χ4v) is 3.14. The molecule has 1 nitrogen and oxygen atoms in total.